The number of nitrogens with zero attached hydrogens (tertiary/aromatic N) is 1. The van der Waals surface area contributed by atoms with Gasteiger partial charge in [-0.2, -0.15) is 0 Å². The van der Waals surface area contributed by atoms with Gasteiger partial charge in [0.25, 0.3) is 0 Å². The van der Waals surface area contributed by atoms with Crippen LogP contribution in [-0.2, 0) is 4.79 Å². The third-order valence-corrected chi connectivity index (χ3v) is 3.54. The second kappa shape index (κ2) is 4.52. The quantitative estimate of drug-likeness (QED) is 0.825. The molecule has 0 aromatic heterocycles. The molecule has 1 aromatic carbocycles. The molecule has 18 heavy (non-hydrogen) atoms. The van der Waals surface area contributed by atoms with Crippen molar-refractivity contribution in [3.05, 3.63) is 24.3 Å². The van der Waals surface area contributed by atoms with Crippen LogP contribution < -0.4 is 10.5 Å². The average Bonchev–Trinajstić information content (AvgIpc) is 3.09. The van der Waals surface area contributed by atoms with Crippen molar-refractivity contribution in [3.63, 3.8) is 0 Å². The number of nitrogen functional groups attached to an aromatic ring is 1. The molecule has 1 aromatic rings. The first-order valence-electron chi connectivity index (χ1n) is 6.53. The molecule has 0 spiro atoms. The normalized spacial score (nSPS) is 23.1. The van der Waals surface area contributed by atoms with Gasteiger partial charge in [-0.3, -0.25) is 4.79 Å². The molecule has 1 atom stereocenters. The zero-order valence-electron chi connectivity index (χ0n) is 10.3. The second-order valence-corrected chi connectivity index (χ2v) is 5.16. The van der Waals surface area contributed by atoms with Crippen LogP contribution in [0.3, 0.4) is 0 Å². The van der Waals surface area contributed by atoms with E-state index in [-0.39, 0.29) is 6.10 Å². The van der Waals surface area contributed by atoms with Gasteiger partial charge in [-0.15, -0.1) is 0 Å². The highest BCUT2D eigenvalue weighted by Gasteiger charge is 2.37. The van der Waals surface area contributed by atoms with Crippen LogP contribution in [0.5, 0.6) is 5.75 Å². The molecule has 0 radical (unpaired) electrons. The third kappa shape index (κ3) is 2.42. The minimum absolute atomic E-state index is 0.106. The second-order valence-electron chi connectivity index (χ2n) is 5.16. The molecule has 1 unspecified atom stereocenters. The lowest BCUT2D eigenvalue weighted by Crippen LogP contribution is -2.31. The summed E-state index contributed by atoms with van der Waals surface area (Å²) in [6.45, 7) is 1.53. The largest absolute Gasteiger partial charge is 0.488 e. The molecule has 1 saturated heterocycles. The molecule has 2 fully saturated rings. The SMILES string of the molecule is Nc1cccc(OC2CCN(C(=O)C3CC3)C2)c1. The number of carbonyl (C=O) groups is 1. The number of benzene rings is 1. The van der Waals surface area contributed by atoms with E-state index in [0.717, 1.165) is 31.6 Å². The van der Waals surface area contributed by atoms with Crippen LogP contribution in [0.25, 0.3) is 0 Å². The number of rotatable bonds is 3. The molecule has 0 bridgehead atoms. The number of carbonyl (C=O) groups excluding carboxylic acids is 1. The maximum atomic E-state index is 11.9. The van der Waals surface area contributed by atoms with Crippen molar-refractivity contribution in [1.29, 1.82) is 0 Å². The maximum Gasteiger partial charge on any atom is 0.225 e. The topological polar surface area (TPSA) is 55.6 Å². The van der Waals surface area contributed by atoms with E-state index in [0.29, 0.717) is 24.1 Å². The lowest BCUT2D eigenvalue weighted by molar-refractivity contribution is -0.131. The summed E-state index contributed by atoms with van der Waals surface area (Å²) in [7, 11) is 0. The molecule has 1 heterocycles. The zero-order chi connectivity index (χ0) is 12.5. The Balaban J connectivity index is 1.57. The monoisotopic (exact) mass is 246 g/mol. The first-order valence-corrected chi connectivity index (χ1v) is 6.53. The number of anilines is 1. The summed E-state index contributed by atoms with van der Waals surface area (Å²) in [5, 5.41) is 0. The maximum absolute atomic E-state index is 11.9. The van der Waals surface area contributed by atoms with Crippen LogP contribution in [-0.4, -0.2) is 30.0 Å². The minimum atomic E-state index is 0.106. The van der Waals surface area contributed by atoms with Crippen molar-refractivity contribution in [2.24, 2.45) is 5.92 Å². The fourth-order valence-electron chi connectivity index (χ4n) is 2.39. The predicted octanol–water partition coefficient (Wildman–Crippen LogP) is 1.66. The van der Waals surface area contributed by atoms with Crippen molar-refractivity contribution < 1.29 is 9.53 Å². The molecule has 2 aliphatic rings. The van der Waals surface area contributed by atoms with Crippen LogP contribution >= 0.6 is 0 Å². The highest BCUT2D eigenvalue weighted by atomic mass is 16.5. The van der Waals surface area contributed by atoms with Crippen LogP contribution in [0, 0.1) is 5.92 Å². The molecule has 3 rings (SSSR count). The molecule has 2 N–H and O–H groups in total. The molecule has 4 heteroatoms. The van der Waals surface area contributed by atoms with Gasteiger partial charge in [0.15, 0.2) is 0 Å². The average molecular weight is 246 g/mol. The first kappa shape index (κ1) is 11.4. The van der Waals surface area contributed by atoms with E-state index < -0.39 is 0 Å². The van der Waals surface area contributed by atoms with Crippen LogP contribution in [0.4, 0.5) is 5.69 Å². The van der Waals surface area contributed by atoms with Gasteiger partial charge < -0.3 is 15.4 Å². The fourth-order valence-corrected chi connectivity index (χ4v) is 2.39. The van der Waals surface area contributed by atoms with Gasteiger partial charge in [0.1, 0.15) is 11.9 Å². The van der Waals surface area contributed by atoms with E-state index in [1.807, 2.05) is 29.2 Å². The van der Waals surface area contributed by atoms with Crippen molar-refractivity contribution in [2.75, 3.05) is 18.8 Å². The van der Waals surface area contributed by atoms with Gasteiger partial charge in [0, 0.05) is 30.6 Å². The lowest BCUT2D eigenvalue weighted by atomic mass is 10.3. The Kier molecular flexibility index (Phi) is 2.86. The number of hydrogen-bond donors (Lipinski definition) is 1. The minimum Gasteiger partial charge on any atom is -0.488 e. The Morgan fingerprint density at radius 1 is 1.33 bits per heavy atom. The van der Waals surface area contributed by atoms with Crippen molar-refractivity contribution >= 4 is 11.6 Å². The number of amides is 1. The molecular formula is C14H18N2O2. The van der Waals surface area contributed by atoms with Crippen LogP contribution in [0.2, 0.25) is 0 Å². The summed E-state index contributed by atoms with van der Waals surface area (Å²) in [6, 6.07) is 7.45. The highest BCUT2D eigenvalue weighted by Crippen LogP contribution is 2.32. The van der Waals surface area contributed by atoms with Gasteiger partial charge in [-0.1, -0.05) is 6.07 Å². The number of nitrogens with two attached hydrogens (primary N) is 1. The van der Waals surface area contributed by atoms with Gasteiger partial charge in [-0.25, -0.2) is 0 Å². The number of ether oxygens (including phenoxy) is 1. The predicted molar refractivity (Wildman–Crippen MR) is 69.2 cm³/mol. The highest BCUT2D eigenvalue weighted by molar-refractivity contribution is 5.81. The van der Waals surface area contributed by atoms with Gasteiger partial charge in [0.2, 0.25) is 5.91 Å². The van der Waals surface area contributed by atoms with Crippen LogP contribution in [0.1, 0.15) is 19.3 Å². The van der Waals surface area contributed by atoms with E-state index >= 15 is 0 Å². The van der Waals surface area contributed by atoms with Crippen molar-refractivity contribution in [1.82, 2.24) is 4.90 Å². The Labute approximate surface area is 107 Å². The molecular weight excluding hydrogens is 228 g/mol. The molecule has 1 amide bonds. The Morgan fingerprint density at radius 2 is 2.17 bits per heavy atom. The number of likely N-dealkylation sites (tertiary alicyclic amines) is 1. The number of hydrogen-bond acceptors (Lipinski definition) is 3. The Morgan fingerprint density at radius 3 is 2.89 bits per heavy atom. The standard InChI is InChI=1S/C14H18N2O2/c15-11-2-1-3-12(8-11)18-13-6-7-16(9-13)14(17)10-4-5-10/h1-3,8,10,13H,4-7,9,15H2. The summed E-state index contributed by atoms with van der Waals surface area (Å²) in [5.74, 6) is 1.41. The summed E-state index contributed by atoms with van der Waals surface area (Å²) in [5.41, 5.74) is 6.42. The van der Waals surface area contributed by atoms with Crippen molar-refractivity contribution in [3.8, 4) is 5.75 Å². The Bertz CT molecular complexity index is 457. The van der Waals surface area contributed by atoms with Crippen molar-refractivity contribution in [2.45, 2.75) is 25.4 Å². The summed E-state index contributed by atoms with van der Waals surface area (Å²) >= 11 is 0. The lowest BCUT2D eigenvalue weighted by Gasteiger charge is -2.17. The van der Waals surface area contributed by atoms with E-state index in [4.69, 9.17) is 10.5 Å². The van der Waals surface area contributed by atoms with Gasteiger partial charge >= 0.3 is 0 Å². The summed E-state index contributed by atoms with van der Waals surface area (Å²) < 4.78 is 5.86. The molecule has 1 aliphatic carbocycles. The van der Waals surface area contributed by atoms with E-state index in [1.54, 1.807) is 0 Å². The molecule has 96 valence electrons. The smallest absolute Gasteiger partial charge is 0.225 e. The van der Waals surface area contributed by atoms with Gasteiger partial charge in [0.05, 0.1) is 6.54 Å². The summed E-state index contributed by atoms with van der Waals surface area (Å²) in [6.07, 6.45) is 3.15. The molecule has 1 saturated carbocycles. The Hall–Kier alpha value is -1.71. The zero-order valence-corrected chi connectivity index (χ0v) is 10.3. The van der Waals surface area contributed by atoms with E-state index in [9.17, 15) is 4.79 Å². The van der Waals surface area contributed by atoms with Crippen LogP contribution in [0.15, 0.2) is 24.3 Å². The summed E-state index contributed by atoms with van der Waals surface area (Å²) in [4.78, 5) is 13.8. The third-order valence-electron chi connectivity index (χ3n) is 3.54. The van der Waals surface area contributed by atoms with Gasteiger partial charge in [-0.05, 0) is 25.0 Å². The fraction of sp³-hybridized carbons (Fsp3) is 0.500. The van der Waals surface area contributed by atoms with E-state index in [1.165, 1.54) is 0 Å². The molecule has 1 aliphatic heterocycles. The first-order chi connectivity index (χ1) is 8.72. The molecule has 4 nitrogen and oxygen atoms in total. The van der Waals surface area contributed by atoms with E-state index in [2.05, 4.69) is 0 Å².